The van der Waals surface area contributed by atoms with E-state index in [0.717, 1.165) is 27.8 Å². The number of ether oxygens (including phenoxy) is 2. The lowest BCUT2D eigenvalue weighted by atomic mass is 9.95. The summed E-state index contributed by atoms with van der Waals surface area (Å²) in [6.45, 7) is 1.60. The lowest BCUT2D eigenvalue weighted by Crippen LogP contribution is -2.11. The van der Waals surface area contributed by atoms with Crippen LogP contribution in [0.1, 0.15) is 41.3 Å². The van der Waals surface area contributed by atoms with Crippen LogP contribution in [-0.2, 0) is 22.6 Å². The third kappa shape index (κ3) is 5.93. The molecule has 0 aliphatic rings. The molecule has 0 aromatic heterocycles. The fraction of sp³-hybridized carbons (Fsp3) is 0.269. The number of alkyl halides is 1. The highest BCUT2D eigenvalue weighted by Crippen LogP contribution is 2.29. The smallest absolute Gasteiger partial charge is 0.307 e. The van der Waals surface area contributed by atoms with Crippen LogP contribution in [0.25, 0.3) is 11.1 Å². The average molecular weight is 438 g/mol. The minimum Gasteiger partial charge on any atom is -0.489 e. The largest absolute Gasteiger partial charge is 0.489 e. The number of hydrogen-bond donors (Lipinski definition) is 2. The highest BCUT2D eigenvalue weighted by molar-refractivity contribution is 5.71. The van der Waals surface area contributed by atoms with Gasteiger partial charge in [-0.05, 0) is 65.1 Å². The predicted octanol–water partition coefficient (Wildman–Crippen LogP) is 5.24. The third-order valence-corrected chi connectivity index (χ3v) is 5.36. The van der Waals surface area contributed by atoms with Crippen LogP contribution in [0, 0.1) is 0 Å². The van der Waals surface area contributed by atoms with E-state index in [4.69, 9.17) is 20.3 Å². The first kappa shape index (κ1) is 23.4. The van der Waals surface area contributed by atoms with E-state index in [1.165, 1.54) is 0 Å². The van der Waals surface area contributed by atoms with Crippen molar-refractivity contribution < 1.29 is 23.8 Å². The Labute approximate surface area is 187 Å². The number of benzene rings is 3. The number of methoxy groups -OCH3 is 1. The molecule has 1 unspecified atom stereocenters. The number of carboxylic acids is 1. The molecule has 3 rings (SSSR count). The van der Waals surface area contributed by atoms with Gasteiger partial charge in [0.2, 0.25) is 0 Å². The van der Waals surface area contributed by atoms with E-state index in [1.807, 2.05) is 55.5 Å². The second-order valence-electron chi connectivity index (χ2n) is 7.69. The summed E-state index contributed by atoms with van der Waals surface area (Å²) in [5, 5.41) is 9.14. The van der Waals surface area contributed by atoms with Crippen LogP contribution < -0.4 is 10.5 Å². The molecule has 0 amide bonds. The van der Waals surface area contributed by atoms with Crippen molar-refractivity contribution in [2.45, 2.75) is 32.1 Å². The van der Waals surface area contributed by atoms with Crippen molar-refractivity contribution in [3.05, 3.63) is 89.0 Å². The molecule has 0 spiro atoms. The molecule has 2 atom stereocenters. The highest BCUT2D eigenvalue weighted by atomic mass is 19.1. The highest BCUT2D eigenvalue weighted by Gasteiger charge is 2.13. The molecule has 0 fully saturated rings. The summed E-state index contributed by atoms with van der Waals surface area (Å²) in [5.41, 5.74) is 11.0. The number of aliphatic carboxylic acids is 1. The van der Waals surface area contributed by atoms with Gasteiger partial charge in [-0.3, -0.25) is 4.79 Å². The van der Waals surface area contributed by atoms with Crippen molar-refractivity contribution in [2.24, 2.45) is 5.73 Å². The summed E-state index contributed by atoms with van der Waals surface area (Å²) in [4.78, 5) is 11.1. The Morgan fingerprint density at radius 3 is 2.50 bits per heavy atom. The Morgan fingerprint density at radius 1 is 1.03 bits per heavy atom. The topological polar surface area (TPSA) is 81.8 Å². The molecule has 0 aliphatic heterocycles. The van der Waals surface area contributed by atoms with Gasteiger partial charge < -0.3 is 20.3 Å². The molecule has 6 heteroatoms. The van der Waals surface area contributed by atoms with Gasteiger partial charge in [-0.15, -0.1) is 0 Å². The van der Waals surface area contributed by atoms with Crippen LogP contribution in [0.3, 0.4) is 0 Å². The lowest BCUT2D eigenvalue weighted by Gasteiger charge is -2.17. The van der Waals surface area contributed by atoms with Crippen LogP contribution in [0.2, 0.25) is 0 Å². The first-order valence-electron chi connectivity index (χ1n) is 10.4. The third-order valence-electron chi connectivity index (χ3n) is 5.36. The molecular weight excluding hydrogens is 409 g/mol. The Balaban J connectivity index is 1.93. The van der Waals surface area contributed by atoms with Crippen molar-refractivity contribution >= 4 is 5.97 Å². The fourth-order valence-corrected chi connectivity index (χ4v) is 3.49. The van der Waals surface area contributed by atoms with Crippen molar-refractivity contribution in [3.8, 4) is 16.9 Å². The van der Waals surface area contributed by atoms with E-state index in [9.17, 15) is 9.18 Å². The van der Waals surface area contributed by atoms with Crippen molar-refractivity contribution in [2.75, 3.05) is 13.8 Å². The number of hydrogen-bond acceptors (Lipinski definition) is 4. The van der Waals surface area contributed by atoms with Gasteiger partial charge >= 0.3 is 5.97 Å². The van der Waals surface area contributed by atoms with E-state index >= 15 is 0 Å². The van der Waals surface area contributed by atoms with E-state index in [0.29, 0.717) is 11.3 Å². The molecular formula is C26H28FNO4. The van der Waals surface area contributed by atoms with Crippen LogP contribution >= 0.6 is 0 Å². The number of carbonyl (C=O) groups is 1. The molecule has 0 heterocycles. The van der Waals surface area contributed by atoms with Crippen LogP contribution in [-0.4, -0.2) is 24.9 Å². The molecule has 3 aromatic carbocycles. The van der Waals surface area contributed by atoms with Gasteiger partial charge in [0.1, 0.15) is 19.0 Å². The molecule has 0 saturated heterocycles. The van der Waals surface area contributed by atoms with Crippen LogP contribution in [0.15, 0.2) is 66.7 Å². The number of para-hydroxylation sites is 1. The minimum absolute atomic E-state index is 0.107. The number of carboxylic acid groups (broad SMARTS) is 1. The Hall–Kier alpha value is -3.22. The molecule has 0 aliphatic carbocycles. The van der Waals surface area contributed by atoms with Crippen LogP contribution in [0.5, 0.6) is 5.75 Å². The van der Waals surface area contributed by atoms with Gasteiger partial charge in [-0.25, -0.2) is 4.39 Å². The van der Waals surface area contributed by atoms with E-state index in [-0.39, 0.29) is 19.1 Å². The fourth-order valence-electron chi connectivity index (χ4n) is 3.49. The van der Waals surface area contributed by atoms with Gasteiger partial charge in [0.25, 0.3) is 0 Å². The second-order valence-corrected chi connectivity index (χ2v) is 7.69. The van der Waals surface area contributed by atoms with Gasteiger partial charge in [-0.1, -0.05) is 36.4 Å². The first-order valence-corrected chi connectivity index (χ1v) is 10.4. The average Bonchev–Trinajstić information content (AvgIpc) is 2.82. The van der Waals surface area contributed by atoms with Gasteiger partial charge in [0.15, 0.2) is 0 Å². The van der Waals surface area contributed by atoms with Gasteiger partial charge in [0, 0.05) is 12.7 Å². The number of halogens is 1. The molecule has 0 saturated carbocycles. The Kier molecular flexibility index (Phi) is 7.98. The molecule has 3 aromatic rings. The molecule has 0 bridgehead atoms. The molecule has 0 radical (unpaired) electrons. The number of rotatable bonds is 10. The zero-order chi connectivity index (χ0) is 23.1. The molecule has 3 N–H and O–H groups in total. The monoisotopic (exact) mass is 437 g/mol. The number of nitrogens with two attached hydrogens (primary N) is 1. The molecule has 32 heavy (non-hydrogen) atoms. The second kappa shape index (κ2) is 10.9. The summed E-state index contributed by atoms with van der Waals surface area (Å²) in [6.07, 6.45) is -0.242. The predicted molar refractivity (Wildman–Crippen MR) is 122 cm³/mol. The first-order chi connectivity index (χ1) is 15.4. The van der Waals surface area contributed by atoms with Crippen molar-refractivity contribution in [1.29, 1.82) is 0 Å². The summed E-state index contributed by atoms with van der Waals surface area (Å²) in [6, 6.07) is 20.0. The van der Waals surface area contributed by atoms with Gasteiger partial charge in [-0.2, -0.15) is 0 Å². The summed E-state index contributed by atoms with van der Waals surface area (Å²) in [5.74, 6) is -0.372. The Morgan fingerprint density at radius 2 is 1.78 bits per heavy atom. The lowest BCUT2D eigenvalue weighted by molar-refractivity contribution is -0.136. The van der Waals surface area contributed by atoms with E-state index in [2.05, 4.69) is 0 Å². The summed E-state index contributed by atoms with van der Waals surface area (Å²) < 4.78 is 24.6. The quantitative estimate of drug-likeness (QED) is 0.454. The standard InChI is InChI=1S/C26H28FNO4/c1-17(31-2)22-10-18(16-32-25-9-4-3-6-21(25)14-26(29)30)11-23(13-22)19-7-5-8-20(12-19)24(28)15-27/h3-13,17,24H,14-16,28H2,1-2H3,(H,29,30)/t17?,24-/m1/s1. The summed E-state index contributed by atoms with van der Waals surface area (Å²) >= 11 is 0. The Bertz CT molecular complexity index is 1070. The maximum absolute atomic E-state index is 13.1. The van der Waals surface area contributed by atoms with Crippen molar-refractivity contribution in [1.82, 2.24) is 0 Å². The minimum atomic E-state index is -0.911. The maximum atomic E-state index is 13.1. The zero-order valence-corrected chi connectivity index (χ0v) is 18.3. The summed E-state index contributed by atoms with van der Waals surface area (Å²) in [7, 11) is 1.65. The normalized spacial score (nSPS) is 12.9. The molecule has 5 nitrogen and oxygen atoms in total. The SMILES string of the molecule is COC(C)c1cc(COc2ccccc2CC(=O)O)cc(-c2cccc([C@H](N)CF)c2)c1. The van der Waals surface area contributed by atoms with Crippen LogP contribution in [0.4, 0.5) is 4.39 Å². The molecule has 168 valence electrons. The van der Waals surface area contributed by atoms with E-state index in [1.54, 1.807) is 25.3 Å². The zero-order valence-electron chi connectivity index (χ0n) is 18.3. The van der Waals surface area contributed by atoms with E-state index < -0.39 is 18.7 Å². The van der Waals surface area contributed by atoms with Crippen molar-refractivity contribution in [3.63, 3.8) is 0 Å². The van der Waals surface area contributed by atoms with Gasteiger partial charge in [0.05, 0.1) is 18.6 Å². The maximum Gasteiger partial charge on any atom is 0.307 e.